The number of rotatable bonds is 7. The molecule has 0 N–H and O–H groups in total. The molecule has 1 saturated carbocycles. The first-order chi connectivity index (χ1) is 11.6. The van der Waals surface area contributed by atoms with E-state index in [2.05, 4.69) is 14.8 Å². The van der Waals surface area contributed by atoms with Crippen molar-refractivity contribution in [2.24, 2.45) is 0 Å². The van der Waals surface area contributed by atoms with Crippen molar-refractivity contribution in [3.05, 3.63) is 35.1 Å². The van der Waals surface area contributed by atoms with Crippen molar-refractivity contribution in [3.8, 4) is 5.75 Å². The Labute approximate surface area is 150 Å². The van der Waals surface area contributed by atoms with Gasteiger partial charge in [0.1, 0.15) is 12.4 Å². The molecule has 1 aromatic heterocycles. The van der Waals surface area contributed by atoms with E-state index in [1.54, 1.807) is 25.1 Å². The van der Waals surface area contributed by atoms with Gasteiger partial charge in [0, 0.05) is 20.1 Å². The summed E-state index contributed by atoms with van der Waals surface area (Å²) in [5.74, 6) is 1.79. The number of benzene rings is 1. The number of hydrogen-bond acceptors (Lipinski definition) is 5. The molecule has 0 radical (unpaired) electrons. The van der Waals surface area contributed by atoms with Crippen molar-refractivity contribution in [2.75, 3.05) is 19.8 Å². The highest BCUT2D eigenvalue weighted by atomic mass is 35.5. The third kappa shape index (κ3) is 4.02. The Balaban J connectivity index is 1.70. The number of halogens is 1. The summed E-state index contributed by atoms with van der Waals surface area (Å²) in [4.78, 5) is 13.4. The minimum absolute atomic E-state index is 0.0548. The summed E-state index contributed by atoms with van der Waals surface area (Å²) in [6, 6.07) is 7.75. The fourth-order valence-corrected chi connectivity index (χ4v) is 3.36. The summed E-state index contributed by atoms with van der Waals surface area (Å²) in [5, 5.41) is 9.82. The van der Waals surface area contributed by atoms with Crippen molar-refractivity contribution in [2.45, 2.75) is 30.6 Å². The molecule has 1 aliphatic rings. The topological polar surface area (TPSA) is 60.3 Å². The summed E-state index contributed by atoms with van der Waals surface area (Å²) in [6.45, 7) is 0.301. The van der Waals surface area contributed by atoms with Gasteiger partial charge >= 0.3 is 0 Å². The van der Waals surface area contributed by atoms with Gasteiger partial charge in [-0.1, -0.05) is 35.5 Å². The number of nitrogens with zero attached hydrogens (tertiary/aromatic N) is 4. The monoisotopic (exact) mass is 366 g/mol. The molecule has 0 spiro atoms. The number of amides is 1. The van der Waals surface area contributed by atoms with Crippen LogP contribution in [0.25, 0.3) is 0 Å². The summed E-state index contributed by atoms with van der Waals surface area (Å²) < 4.78 is 7.87. The highest BCUT2D eigenvalue weighted by Crippen LogP contribution is 2.39. The summed E-state index contributed by atoms with van der Waals surface area (Å²) in [5.41, 5.74) is 0. The zero-order valence-corrected chi connectivity index (χ0v) is 15.2. The van der Waals surface area contributed by atoms with E-state index in [-0.39, 0.29) is 5.91 Å². The number of hydrogen-bond donors (Lipinski definition) is 0. The Hall–Kier alpha value is -1.73. The number of para-hydroxylation sites is 1. The summed E-state index contributed by atoms with van der Waals surface area (Å²) in [6.07, 6.45) is 2.21. The van der Waals surface area contributed by atoms with E-state index in [0.29, 0.717) is 29.2 Å². The van der Waals surface area contributed by atoms with Gasteiger partial charge in [-0.05, 0) is 25.0 Å². The van der Waals surface area contributed by atoms with Crippen LogP contribution in [-0.2, 0) is 11.4 Å². The average molecular weight is 367 g/mol. The van der Waals surface area contributed by atoms with E-state index in [4.69, 9.17) is 16.3 Å². The zero-order valence-electron chi connectivity index (χ0n) is 13.6. The third-order valence-electron chi connectivity index (χ3n) is 3.66. The molecule has 6 nitrogen and oxygen atoms in total. The number of carbonyl (C=O) groups excluding carboxylic acids is 1. The van der Waals surface area contributed by atoms with Gasteiger partial charge in [-0.3, -0.25) is 9.36 Å². The normalized spacial score (nSPS) is 13.8. The van der Waals surface area contributed by atoms with Gasteiger partial charge in [-0.2, -0.15) is 0 Å². The van der Waals surface area contributed by atoms with Crippen LogP contribution in [0.1, 0.15) is 24.7 Å². The molecule has 3 rings (SSSR count). The van der Waals surface area contributed by atoms with Gasteiger partial charge in [-0.15, -0.1) is 10.2 Å². The minimum atomic E-state index is 0.0548. The largest absolute Gasteiger partial charge is 0.484 e. The molecule has 1 heterocycles. The average Bonchev–Trinajstić information content (AvgIpc) is 3.32. The molecule has 0 saturated heterocycles. The second-order valence-electron chi connectivity index (χ2n) is 5.80. The minimum Gasteiger partial charge on any atom is -0.484 e. The van der Waals surface area contributed by atoms with Crippen LogP contribution in [-0.4, -0.2) is 45.4 Å². The highest BCUT2D eigenvalue weighted by Gasteiger charge is 2.30. The molecular weight excluding hydrogens is 348 g/mol. The van der Waals surface area contributed by atoms with Gasteiger partial charge in [-0.25, -0.2) is 0 Å². The predicted molar refractivity (Wildman–Crippen MR) is 93.5 cm³/mol. The molecule has 24 heavy (non-hydrogen) atoms. The van der Waals surface area contributed by atoms with Crippen LogP contribution in [0.3, 0.4) is 0 Å². The van der Waals surface area contributed by atoms with Gasteiger partial charge < -0.3 is 9.64 Å². The Morgan fingerprint density at radius 2 is 2.12 bits per heavy atom. The summed E-state index contributed by atoms with van der Waals surface area (Å²) in [7, 11) is 3.49. The molecule has 0 bridgehead atoms. The number of carbonyl (C=O) groups is 1. The molecule has 1 fully saturated rings. The first-order valence-electron chi connectivity index (χ1n) is 7.70. The van der Waals surface area contributed by atoms with E-state index in [1.807, 2.05) is 18.2 Å². The van der Waals surface area contributed by atoms with Crippen LogP contribution in [0.4, 0.5) is 0 Å². The molecule has 0 unspecified atom stereocenters. The molecule has 2 aromatic rings. The second kappa shape index (κ2) is 7.44. The SMILES string of the molecule is CN(C)C(=O)CSc1nnc(COc2ccccc2Cl)n1C1CC1. The molecule has 1 amide bonds. The molecule has 0 atom stereocenters. The van der Waals surface area contributed by atoms with Crippen molar-refractivity contribution in [1.29, 1.82) is 0 Å². The fourth-order valence-electron chi connectivity index (χ4n) is 2.16. The van der Waals surface area contributed by atoms with Gasteiger partial charge in [0.25, 0.3) is 0 Å². The molecule has 128 valence electrons. The maximum atomic E-state index is 11.8. The van der Waals surface area contributed by atoms with Crippen molar-refractivity contribution in [1.82, 2.24) is 19.7 Å². The van der Waals surface area contributed by atoms with Gasteiger partial charge in [0.2, 0.25) is 5.91 Å². The number of ether oxygens (including phenoxy) is 1. The maximum Gasteiger partial charge on any atom is 0.232 e. The van der Waals surface area contributed by atoms with Crippen LogP contribution < -0.4 is 4.74 Å². The number of aromatic nitrogens is 3. The van der Waals surface area contributed by atoms with Crippen LogP contribution in [0.5, 0.6) is 5.75 Å². The lowest BCUT2D eigenvalue weighted by Crippen LogP contribution is -2.23. The molecular formula is C16H19ClN4O2S. The van der Waals surface area contributed by atoms with E-state index in [1.165, 1.54) is 11.8 Å². The molecule has 1 aliphatic carbocycles. The number of thioether (sulfide) groups is 1. The van der Waals surface area contributed by atoms with Crippen LogP contribution >= 0.6 is 23.4 Å². The standard InChI is InChI=1S/C16H19ClN4O2S/c1-20(2)15(22)10-24-16-19-18-14(21(16)11-7-8-11)9-23-13-6-4-3-5-12(13)17/h3-6,11H,7-10H2,1-2H3. The predicted octanol–water partition coefficient (Wildman–Crippen LogP) is 3.03. The van der Waals surface area contributed by atoms with Crippen LogP contribution in [0, 0.1) is 0 Å². The van der Waals surface area contributed by atoms with E-state index in [9.17, 15) is 4.79 Å². The zero-order chi connectivity index (χ0) is 17.1. The lowest BCUT2D eigenvalue weighted by Gasteiger charge is -2.12. The Bertz CT molecular complexity index is 731. The molecule has 8 heteroatoms. The van der Waals surface area contributed by atoms with E-state index < -0.39 is 0 Å². The van der Waals surface area contributed by atoms with Gasteiger partial charge in [0.05, 0.1) is 10.8 Å². The Morgan fingerprint density at radius 1 is 1.38 bits per heavy atom. The van der Waals surface area contributed by atoms with Gasteiger partial charge in [0.15, 0.2) is 11.0 Å². The van der Waals surface area contributed by atoms with Crippen LogP contribution in [0.15, 0.2) is 29.4 Å². The molecule has 1 aromatic carbocycles. The van der Waals surface area contributed by atoms with Crippen molar-refractivity contribution < 1.29 is 9.53 Å². The van der Waals surface area contributed by atoms with Crippen LogP contribution in [0.2, 0.25) is 5.02 Å². The quantitative estimate of drug-likeness (QED) is 0.705. The third-order valence-corrected chi connectivity index (χ3v) is 4.90. The first-order valence-corrected chi connectivity index (χ1v) is 9.06. The highest BCUT2D eigenvalue weighted by molar-refractivity contribution is 7.99. The Morgan fingerprint density at radius 3 is 2.79 bits per heavy atom. The van der Waals surface area contributed by atoms with E-state index in [0.717, 1.165) is 23.8 Å². The van der Waals surface area contributed by atoms with Crippen molar-refractivity contribution >= 4 is 29.3 Å². The lowest BCUT2D eigenvalue weighted by molar-refractivity contribution is -0.125. The van der Waals surface area contributed by atoms with E-state index >= 15 is 0 Å². The van der Waals surface area contributed by atoms with Crippen molar-refractivity contribution in [3.63, 3.8) is 0 Å². The maximum absolute atomic E-state index is 11.8. The second-order valence-corrected chi connectivity index (χ2v) is 7.15. The summed E-state index contributed by atoms with van der Waals surface area (Å²) >= 11 is 7.52. The lowest BCUT2D eigenvalue weighted by atomic mass is 10.3. The molecule has 0 aliphatic heterocycles. The Kier molecular flexibility index (Phi) is 5.30. The first kappa shape index (κ1) is 17.1. The fraction of sp³-hybridized carbons (Fsp3) is 0.438. The smallest absolute Gasteiger partial charge is 0.232 e.